The fraction of sp³-hybridized carbons (Fsp3) is 0.222. The van der Waals surface area contributed by atoms with Gasteiger partial charge in [0.1, 0.15) is 11.4 Å². The number of hydrogen-bond acceptors (Lipinski definition) is 3. The zero-order valence-corrected chi connectivity index (χ0v) is 13.7. The normalized spacial score (nSPS) is 11.7. The number of halogens is 3. The van der Waals surface area contributed by atoms with E-state index < -0.39 is 11.7 Å². The molecular formula is C18H16F3N3O. The van der Waals surface area contributed by atoms with Crippen molar-refractivity contribution in [2.75, 3.05) is 0 Å². The molecule has 1 aromatic heterocycles. The lowest BCUT2D eigenvalue weighted by molar-refractivity contribution is -0.137. The first-order chi connectivity index (χ1) is 11.8. The standard InChI is InChI=1S/C18H16F3N3O/c1-3-12-9-15(17(25)8-11(12)2)24-16(10-22-23-24)13-4-6-14(7-5-13)18(19,20)21/h4-10,25H,3H2,1-2H3. The molecule has 0 aliphatic heterocycles. The molecule has 0 saturated carbocycles. The van der Waals surface area contributed by atoms with Gasteiger partial charge in [0.05, 0.1) is 17.5 Å². The number of phenols is 1. The Balaban J connectivity index is 2.07. The molecule has 0 bridgehead atoms. The number of phenolic OH excluding ortho intramolecular Hbond substituents is 1. The fourth-order valence-electron chi connectivity index (χ4n) is 2.71. The second-order valence-electron chi connectivity index (χ2n) is 5.73. The van der Waals surface area contributed by atoms with E-state index in [0.29, 0.717) is 16.9 Å². The largest absolute Gasteiger partial charge is 0.506 e. The Morgan fingerprint density at radius 1 is 1.12 bits per heavy atom. The van der Waals surface area contributed by atoms with Gasteiger partial charge in [-0.3, -0.25) is 0 Å². The van der Waals surface area contributed by atoms with E-state index in [-0.39, 0.29) is 5.75 Å². The van der Waals surface area contributed by atoms with E-state index in [1.165, 1.54) is 23.0 Å². The number of alkyl halides is 3. The minimum Gasteiger partial charge on any atom is -0.506 e. The van der Waals surface area contributed by atoms with Crippen molar-refractivity contribution in [1.82, 2.24) is 15.0 Å². The van der Waals surface area contributed by atoms with E-state index in [0.717, 1.165) is 29.7 Å². The minimum absolute atomic E-state index is 0.0355. The highest BCUT2D eigenvalue weighted by Crippen LogP contribution is 2.33. The predicted octanol–water partition coefficient (Wildman–Crippen LogP) is 4.53. The third kappa shape index (κ3) is 3.22. The van der Waals surface area contributed by atoms with Gasteiger partial charge in [-0.2, -0.15) is 13.2 Å². The molecule has 0 aliphatic rings. The zero-order chi connectivity index (χ0) is 18.2. The van der Waals surface area contributed by atoms with E-state index in [2.05, 4.69) is 10.3 Å². The van der Waals surface area contributed by atoms with Gasteiger partial charge in [-0.15, -0.1) is 5.10 Å². The van der Waals surface area contributed by atoms with Crippen LogP contribution in [-0.4, -0.2) is 20.1 Å². The first-order valence-corrected chi connectivity index (χ1v) is 7.72. The molecule has 3 aromatic rings. The second-order valence-corrected chi connectivity index (χ2v) is 5.73. The quantitative estimate of drug-likeness (QED) is 0.757. The van der Waals surface area contributed by atoms with Crippen LogP contribution in [0, 0.1) is 6.92 Å². The molecule has 0 spiro atoms. The average molecular weight is 347 g/mol. The molecule has 25 heavy (non-hydrogen) atoms. The molecule has 0 radical (unpaired) electrons. The maximum Gasteiger partial charge on any atom is 0.416 e. The maximum atomic E-state index is 12.7. The van der Waals surface area contributed by atoms with Gasteiger partial charge in [-0.1, -0.05) is 24.3 Å². The van der Waals surface area contributed by atoms with Crippen molar-refractivity contribution in [2.45, 2.75) is 26.4 Å². The van der Waals surface area contributed by atoms with Crippen LogP contribution in [0.4, 0.5) is 13.2 Å². The van der Waals surface area contributed by atoms with E-state index in [9.17, 15) is 18.3 Å². The monoisotopic (exact) mass is 347 g/mol. The fourth-order valence-corrected chi connectivity index (χ4v) is 2.71. The minimum atomic E-state index is -4.39. The highest BCUT2D eigenvalue weighted by atomic mass is 19.4. The van der Waals surface area contributed by atoms with E-state index >= 15 is 0 Å². The predicted molar refractivity (Wildman–Crippen MR) is 87.6 cm³/mol. The molecule has 4 nitrogen and oxygen atoms in total. The molecular weight excluding hydrogens is 331 g/mol. The molecule has 7 heteroatoms. The Morgan fingerprint density at radius 3 is 2.40 bits per heavy atom. The van der Waals surface area contributed by atoms with Crippen molar-refractivity contribution >= 4 is 0 Å². The zero-order valence-electron chi connectivity index (χ0n) is 13.7. The molecule has 0 amide bonds. The van der Waals surface area contributed by atoms with E-state index in [1.54, 1.807) is 6.07 Å². The number of nitrogens with zero attached hydrogens (tertiary/aromatic N) is 3. The van der Waals surface area contributed by atoms with Crippen LogP contribution in [0.1, 0.15) is 23.6 Å². The average Bonchev–Trinajstić information content (AvgIpc) is 3.03. The summed E-state index contributed by atoms with van der Waals surface area (Å²) < 4.78 is 39.6. The van der Waals surface area contributed by atoms with E-state index in [1.807, 2.05) is 19.9 Å². The molecule has 3 rings (SSSR count). The van der Waals surface area contributed by atoms with Crippen molar-refractivity contribution in [2.24, 2.45) is 0 Å². The van der Waals surface area contributed by atoms with Gasteiger partial charge in [0, 0.05) is 5.56 Å². The van der Waals surface area contributed by atoms with Gasteiger partial charge < -0.3 is 5.11 Å². The summed E-state index contributed by atoms with van der Waals surface area (Å²) in [6.07, 6.45) is -2.15. The van der Waals surface area contributed by atoms with Gasteiger partial charge in [0.15, 0.2) is 0 Å². The lowest BCUT2D eigenvalue weighted by Gasteiger charge is -2.12. The van der Waals surface area contributed by atoms with Crippen molar-refractivity contribution < 1.29 is 18.3 Å². The van der Waals surface area contributed by atoms with Crippen LogP contribution in [0.15, 0.2) is 42.6 Å². The van der Waals surface area contributed by atoms with Crippen LogP contribution in [0.2, 0.25) is 0 Å². The molecule has 0 aliphatic carbocycles. The third-order valence-corrected chi connectivity index (χ3v) is 4.10. The second kappa shape index (κ2) is 6.23. The molecule has 130 valence electrons. The number of rotatable bonds is 3. The first-order valence-electron chi connectivity index (χ1n) is 7.72. The number of aromatic nitrogens is 3. The molecule has 0 atom stereocenters. The van der Waals surface area contributed by atoms with Crippen molar-refractivity contribution in [3.63, 3.8) is 0 Å². The summed E-state index contributed by atoms with van der Waals surface area (Å²) in [6, 6.07) is 8.21. The summed E-state index contributed by atoms with van der Waals surface area (Å²) in [5, 5.41) is 18.1. The van der Waals surface area contributed by atoms with Gasteiger partial charge >= 0.3 is 6.18 Å². The van der Waals surface area contributed by atoms with Crippen LogP contribution in [0.25, 0.3) is 16.9 Å². The Morgan fingerprint density at radius 2 is 1.80 bits per heavy atom. The number of aryl methyl sites for hydroxylation is 2. The van der Waals surface area contributed by atoms with Crippen molar-refractivity contribution in [1.29, 1.82) is 0 Å². The summed E-state index contributed by atoms with van der Waals surface area (Å²) in [7, 11) is 0. The molecule has 1 N–H and O–H groups in total. The van der Waals surface area contributed by atoms with Crippen LogP contribution < -0.4 is 0 Å². The van der Waals surface area contributed by atoms with Gasteiger partial charge in [-0.05, 0) is 48.7 Å². The number of benzene rings is 2. The Labute approximate surface area is 142 Å². The summed E-state index contributed by atoms with van der Waals surface area (Å²) in [6.45, 7) is 3.90. The summed E-state index contributed by atoms with van der Waals surface area (Å²) in [5.41, 5.74) is 2.74. The Hall–Kier alpha value is -2.83. The van der Waals surface area contributed by atoms with E-state index in [4.69, 9.17) is 0 Å². The van der Waals surface area contributed by atoms with Crippen LogP contribution in [-0.2, 0) is 12.6 Å². The van der Waals surface area contributed by atoms with Crippen LogP contribution in [0.3, 0.4) is 0 Å². The summed E-state index contributed by atoms with van der Waals surface area (Å²) in [5.74, 6) is 0.0355. The third-order valence-electron chi connectivity index (χ3n) is 4.10. The highest BCUT2D eigenvalue weighted by Gasteiger charge is 2.30. The smallest absolute Gasteiger partial charge is 0.416 e. The van der Waals surface area contributed by atoms with Gasteiger partial charge in [0.25, 0.3) is 0 Å². The molecule has 2 aromatic carbocycles. The summed E-state index contributed by atoms with van der Waals surface area (Å²) in [4.78, 5) is 0. The topological polar surface area (TPSA) is 50.9 Å². The van der Waals surface area contributed by atoms with Crippen LogP contribution >= 0.6 is 0 Å². The number of hydrogen-bond donors (Lipinski definition) is 1. The van der Waals surface area contributed by atoms with Gasteiger partial charge in [0.2, 0.25) is 0 Å². The molecule has 0 fully saturated rings. The maximum absolute atomic E-state index is 12.7. The molecule has 0 saturated heterocycles. The number of aromatic hydroxyl groups is 1. The molecule has 1 heterocycles. The highest BCUT2D eigenvalue weighted by molar-refractivity contribution is 5.63. The first kappa shape index (κ1) is 17.0. The Kier molecular flexibility index (Phi) is 4.24. The van der Waals surface area contributed by atoms with Crippen molar-refractivity contribution in [3.05, 3.63) is 59.3 Å². The Bertz CT molecular complexity index is 899. The lowest BCUT2D eigenvalue weighted by Crippen LogP contribution is -2.05. The SMILES string of the molecule is CCc1cc(-n2nncc2-c2ccc(C(F)(F)F)cc2)c(O)cc1C. The summed E-state index contributed by atoms with van der Waals surface area (Å²) >= 11 is 0. The van der Waals surface area contributed by atoms with Gasteiger partial charge in [-0.25, -0.2) is 4.68 Å². The van der Waals surface area contributed by atoms with Crippen molar-refractivity contribution in [3.8, 4) is 22.7 Å². The molecule has 0 unspecified atom stereocenters. The van der Waals surface area contributed by atoms with Crippen LogP contribution in [0.5, 0.6) is 5.75 Å². The lowest BCUT2D eigenvalue weighted by atomic mass is 10.0.